The Morgan fingerprint density at radius 1 is 1.00 bits per heavy atom. The maximum atomic E-state index is 12.0. The smallest absolute Gasteiger partial charge is 0.255 e. The van der Waals surface area contributed by atoms with Crippen molar-refractivity contribution in [2.75, 3.05) is 0 Å². The van der Waals surface area contributed by atoms with Crippen LogP contribution in [0.15, 0.2) is 78.6 Å². The number of hydrogen-bond donors (Lipinski definition) is 1. The number of benzene rings is 1. The zero-order valence-electron chi connectivity index (χ0n) is 11.3. The van der Waals surface area contributed by atoms with Gasteiger partial charge in [-0.05, 0) is 38.1 Å². The summed E-state index contributed by atoms with van der Waals surface area (Å²) in [5.41, 5.74) is 1.40. The van der Waals surface area contributed by atoms with Crippen LogP contribution < -0.4 is 5.32 Å². The lowest BCUT2D eigenvalue weighted by Crippen LogP contribution is -2.21. The predicted octanol–water partition coefficient (Wildman–Crippen LogP) is 4.01. The lowest BCUT2D eigenvalue weighted by Gasteiger charge is -2.05. The zero-order chi connectivity index (χ0) is 13.9. The van der Waals surface area contributed by atoms with Gasteiger partial charge in [-0.25, -0.2) is 0 Å². The van der Waals surface area contributed by atoms with E-state index in [0.717, 1.165) is 5.70 Å². The van der Waals surface area contributed by atoms with E-state index in [9.17, 15) is 4.79 Å². The molecule has 1 N–H and O–H groups in total. The highest BCUT2D eigenvalue weighted by molar-refractivity contribution is 5.95. The van der Waals surface area contributed by atoms with Gasteiger partial charge >= 0.3 is 0 Å². The maximum absolute atomic E-state index is 12.0. The van der Waals surface area contributed by atoms with Crippen LogP contribution in [0, 0.1) is 0 Å². The molecule has 0 atom stereocenters. The van der Waals surface area contributed by atoms with Gasteiger partial charge in [0.15, 0.2) is 0 Å². The van der Waals surface area contributed by atoms with E-state index >= 15 is 0 Å². The first-order valence-corrected chi connectivity index (χ1v) is 6.26. The Labute approximate surface area is 114 Å². The van der Waals surface area contributed by atoms with E-state index in [1.165, 1.54) is 0 Å². The Kier molecular flexibility index (Phi) is 6.73. The molecule has 2 heteroatoms. The molecule has 2 nitrogen and oxygen atoms in total. The summed E-state index contributed by atoms with van der Waals surface area (Å²) in [6, 6.07) is 9.16. The number of carbonyl (C=O) groups excluding carboxylic acids is 1. The van der Waals surface area contributed by atoms with Crippen LogP contribution in [-0.2, 0) is 0 Å². The lowest BCUT2D eigenvalue weighted by molar-refractivity contribution is 0.0967. The Balaban J connectivity index is 2.80. The molecule has 0 unspecified atom stereocenters. The molecule has 19 heavy (non-hydrogen) atoms. The van der Waals surface area contributed by atoms with Crippen LogP contribution in [0.1, 0.15) is 24.2 Å². The summed E-state index contributed by atoms with van der Waals surface area (Å²) < 4.78 is 0. The fourth-order valence-electron chi connectivity index (χ4n) is 1.40. The largest absolute Gasteiger partial charge is 0.322 e. The molecular formula is C17H19NO. The summed E-state index contributed by atoms with van der Waals surface area (Å²) in [6.45, 7) is 3.88. The zero-order valence-corrected chi connectivity index (χ0v) is 11.3. The number of rotatable bonds is 5. The number of carbonyl (C=O) groups is 1. The average Bonchev–Trinajstić information content (AvgIpc) is 2.45. The maximum Gasteiger partial charge on any atom is 0.255 e. The highest BCUT2D eigenvalue weighted by Gasteiger charge is 2.04. The molecule has 0 radical (unpaired) electrons. The van der Waals surface area contributed by atoms with Crippen LogP contribution in [-0.4, -0.2) is 5.91 Å². The molecule has 0 aromatic heterocycles. The molecule has 0 saturated carbocycles. The van der Waals surface area contributed by atoms with Gasteiger partial charge in [0, 0.05) is 11.3 Å². The van der Waals surface area contributed by atoms with Crippen molar-refractivity contribution in [1.82, 2.24) is 5.32 Å². The third-order valence-corrected chi connectivity index (χ3v) is 2.34. The molecule has 0 fully saturated rings. The summed E-state index contributed by atoms with van der Waals surface area (Å²) in [4.78, 5) is 12.0. The third kappa shape index (κ3) is 5.68. The molecule has 0 aliphatic carbocycles. The van der Waals surface area contributed by atoms with E-state index in [4.69, 9.17) is 0 Å². The minimum atomic E-state index is -0.110. The van der Waals surface area contributed by atoms with Crippen molar-refractivity contribution in [3.63, 3.8) is 0 Å². The average molecular weight is 253 g/mol. The second-order valence-corrected chi connectivity index (χ2v) is 3.85. The minimum Gasteiger partial charge on any atom is -0.322 e. The van der Waals surface area contributed by atoms with Crippen LogP contribution in [0.5, 0.6) is 0 Å². The summed E-state index contributed by atoms with van der Waals surface area (Å²) in [7, 11) is 0. The third-order valence-electron chi connectivity index (χ3n) is 2.34. The number of amides is 1. The van der Waals surface area contributed by atoms with E-state index in [1.807, 2.05) is 74.6 Å². The molecule has 0 spiro atoms. The Bertz CT molecular complexity index is 507. The molecule has 1 aromatic rings. The fraction of sp³-hybridized carbons (Fsp3) is 0.118. The van der Waals surface area contributed by atoms with Crippen LogP contribution in [0.3, 0.4) is 0 Å². The molecule has 1 rings (SSSR count). The van der Waals surface area contributed by atoms with Crippen LogP contribution in [0.4, 0.5) is 0 Å². The Morgan fingerprint density at radius 2 is 1.68 bits per heavy atom. The SMILES string of the molecule is CC=CC=CC(=CC=CC)NC(=O)c1ccccc1. The van der Waals surface area contributed by atoms with Crippen molar-refractivity contribution in [2.24, 2.45) is 0 Å². The monoisotopic (exact) mass is 253 g/mol. The van der Waals surface area contributed by atoms with Gasteiger partial charge < -0.3 is 5.32 Å². The first-order valence-electron chi connectivity index (χ1n) is 6.26. The van der Waals surface area contributed by atoms with Gasteiger partial charge in [-0.1, -0.05) is 48.6 Å². The van der Waals surface area contributed by atoms with E-state index < -0.39 is 0 Å². The van der Waals surface area contributed by atoms with Crippen LogP contribution in [0.2, 0.25) is 0 Å². The molecule has 98 valence electrons. The van der Waals surface area contributed by atoms with Crippen molar-refractivity contribution in [1.29, 1.82) is 0 Å². The highest BCUT2D eigenvalue weighted by Crippen LogP contribution is 2.01. The Morgan fingerprint density at radius 3 is 2.32 bits per heavy atom. The molecule has 1 amide bonds. The van der Waals surface area contributed by atoms with Gasteiger partial charge in [0.2, 0.25) is 0 Å². The standard InChI is InChI=1S/C17H19NO/c1-3-5-8-14-16(13-6-4-2)18-17(19)15-11-9-7-10-12-15/h3-14H,1-2H3,(H,18,19). The van der Waals surface area contributed by atoms with Crippen molar-refractivity contribution in [3.8, 4) is 0 Å². The molecular weight excluding hydrogens is 234 g/mol. The van der Waals surface area contributed by atoms with E-state index in [-0.39, 0.29) is 5.91 Å². The summed E-state index contributed by atoms with van der Waals surface area (Å²) in [5.74, 6) is -0.110. The van der Waals surface area contributed by atoms with Crippen LogP contribution in [0.25, 0.3) is 0 Å². The molecule has 0 aliphatic rings. The van der Waals surface area contributed by atoms with Gasteiger partial charge in [0.1, 0.15) is 0 Å². The van der Waals surface area contributed by atoms with Gasteiger partial charge in [0.25, 0.3) is 5.91 Å². The first kappa shape index (κ1) is 14.7. The van der Waals surface area contributed by atoms with E-state index in [0.29, 0.717) is 5.56 Å². The summed E-state index contributed by atoms with van der Waals surface area (Å²) in [6.07, 6.45) is 13.3. The highest BCUT2D eigenvalue weighted by atomic mass is 16.1. The van der Waals surface area contributed by atoms with Gasteiger partial charge in [-0.15, -0.1) is 0 Å². The van der Waals surface area contributed by atoms with Gasteiger partial charge in [-0.3, -0.25) is 4.79 Å². The molecule has 1 aromatic carbocycles. The van der Waals surface area contributed by atoms with Crippen molar-refractivity contribution in [3.05, 3.63) is 84.1 Å². The normalized spacial score (nSPS) is 12.6. The quantitative estimate of drug-likeness (QED) is 0.789. The van der Waals surface area contributed by atoms with Crippen molar-refractivity contribution < 1.29 is 4.79 Å². The molecule has 0 aliphatic heterocycles. The summed E-state index contributed by atoms with van der Waals surface area (Å²) >= 11 is 0. The number of nitrogens with one attached hydrogen (secondary N) is 1. The number of hydrogen-bond acceptors (Lipinski definition) is 1. The second-order valence-electron chi connectivity index (χ2n) is 3.85. The summed E-state index contributed by atoms with van der Waals surface area (Å²) in [5, 5.41) is 2.88. The fourth-order valence-corrected chi connectivity index (χ4v) is 1.40. The molecule has 0 heterocycles. The first-order chi connectivity index (χ1) is 9.27. The lowest BCUT2D eigenvalue weighted by atomic mass is 10.2. The molecule has 0 bridgehead atoms. The predicted molar refractivity (Wildman–Crippen MR) is 80.8 cm³/mol. The second kappa shape index (κ2) is 8.70. The van der Waals surface area contributed by atoms with Gasteiger partial charge in [-0.2, -0.15) is 0 Å². The number of allylic oxidation sites excluding steroid dienone is 7. The van der Waals surface area contributed by atoms with Crippen molar-refractivity contribution in [2.45, 2.75) is 13.8 Å². The van der Waals surface area contributed by atoms with E-state index in [2.05, 4.69) is 5.32 Å². The molecule has 0 saturated heterocycles. The minimum absolute atomic E-state index is 0.110. The van der Waals surface area contributed by atoms with Gasteiger partial charge in [0.05, 0.1) is 0 Å². The van der Waals surface area contributed by atoms with E-state index in [1.54, 1.807) is 12.1 Å². The van der Waals surface area contributed by atoms with Crippen LogP contribution >= 0.6 is 0 Å². The van der Waals surface area contributed by atoms with Crippen molar-refractivity contribution >= 4 is 5.91 Å². The Hall–Kier alpha value is -2.35. The topological polar surface area (TPSA) is 29.1 Å².